The third kappa shape index (κ3) is 3.85. The van der Waals surface area contributed by atoms with Gasteiger partial charge < -0.3 is 14.8 Å². The summed E-state index contributed by atoms with van der Waals surface area (Å²) in [5.74, 6) is 0.951. The molecule has 1 fully saturated rings. The molecular weight excluding hydrogens is 240 g/mol. The molecule has 0 aliphatic carbocycles. The molecule has 4 nitrogen and oxygen atoms in total. The molecule has 0 atom stereocenters. The molecule has 4 heteroatoms. The summed E-state index contributed by atoms with van der Waals surface area (Å²) in [7, 11) is 1.73. The fraction of sp³-hybridized carbons (Fsp3) is 0.600. The molecular formula is C15H24N2O2. The highest BCUT2D eigenvalue weighted by Crippen LogP contribution is 2.29. The largest absolute Gasteiger partial charge is 0.494 e. The first kappa shape index (κ1) is 14.2. The molecule has 1 saturated heterocycles. The van der Waals surface area contributed by atoms with Crippen LogP contribution < -0.4 is 10.1 Å². The highest BCUT2D eigenvalue weighted by molar-refractivity contribution is 5.61. The van der Waals surface area contributed by atoms with Gasteiger partial charge in [-0.1, -0.05) is 6.07 Å². The molecule has 0 aromatic heterocycles. The highest BCUT2D eigenvalue weighted by Gasteiger charge is 2.11. The fourth-order valence-electron chi connectivity index (χ4n) is 2.53. The van der Waals surface area contributed by atoms with E-state index in [0.29, 0.717) is 0 Å². The van der Waals surface area contributed by atoms with Gasteiger partial charge in [-0.3, -0.25) is 4.90 Å². The van der Waals surface area contributed by atoms with Gasteiger partial charge in [-0.2, -0.15) is 0 Å². The molecule has 1 heterocycles. The van der Waals surface area contributed by atoms with Crippen LogP contribution in [0.1, 0.15) is 11.1 Å². The van der Waals surface area contributed by atoms with Gasteiger partial charge >= 0.3 is 0 Å². The van der Waals surface area contributed by atoms with Crippen molar-refractivity contribution in [3.63, 3.8) is 0 Å². The van der Waals surface area contributed by atoms with Crippen molar-refractivity contribution in [2.75, 3.05) is 51.8 Å². The van der Waals surface area contributed by atoms with Crippen molar-refractivity contribution in [1.82, 2.24) is 4.90 Å². The van der Waals surface area contributed by atoms with E-state index in [1.165, 1.54) is 11.1 Å². The Morgan fingerprint density at radius 3 is 2.68 bits per heavy atom. The number of methoxy groups -OCH3 is 1. The lowest BCUT2D eigenvalue weighted by Crippen LogP contribution is -2.39. The maximum atomic E-state index is 5.48. The molecule has 0 spiro atoms. The van der Waals surface area contributed by atoms with Crippen LogP contribution in [-0.4, -0.2) is 51.4 Å². The molecule has 106 valence electrons. The van der Waals surface area contributed by atoms with Gasteiger partial charge in [0.15, 0.2) is 0 Å². The van der Waals surface area contributed by atoms with Crippen LogP contribution in [0.4, 0.5) is 5.69 Å². The first-order valence-corrected chi connectivity index (χ1v) is 6.90. The predicted molar refractivity (Wildman–Crippen MR) is 78.2 cm³/mol. The zero-order chi connectivity index (χ0) is 13.7. The maximum Gasteiger partial charge on any atom is 0.144 e. The summed E-state index contributed by atoms with van der Waals surface area (Å²) >= 11 is 0. The van der Waals surface area contributed by atoms with Crippen molar-refractivity contribution in [1.29, 1.82) is 0 Å². The van der Waals surface area contributed by atoms with Crippen molar-refractivity contribution in [3.8, 4) is 5.75 Å². The van der Waals surface area contributed by atoms with Crippen LogP contribution in [-0.2, 0) is 4.74 Å². The summed E-state index contributed by atoms with van der Waals surface area (Å²) in [5.41, 5.74) is 3.52. The number of ether oxygens (including phenoxy) is 2. The van der Waals surface area contributed by atoms with Crippen molar-refractivity contribution >= 4 is 5.69 Å². The molecule has 1 aromatic carbocycles. The SMILES string of the molecule is COc1c(C)cc(C)cc1NCCN1CCOCC1. The topological polar surface area (TPSA) is 33.7 Å². The second-order valence-corrected chi connectivity index (χ2v) is 5.04. The summed E-state index contributed by atoms with van der Waals surface area (Å²) in [6, 6.07) is 4.29. The third-order valence-corrected chi connectivity index (χ3v) is 3.47. The summed E-state index contributed by atoms with van der Waals surface area (Å²) in [6.07, 6.45) is 0. The van der Waals surface area contributed by atoms with E-state index >= 15 is 0 Å². The van der Waals surface area contributed by atoms with Gasteiger partial charge in [-0.25, -0.2) is 0 Å². The number of nitrogens with zero attached hydrogens (tertiary/aromatic N) is 1. The molecule has 1 aliphatic rings. The molecule has 1 aromatic rings. The molecule has 0 radical (unpaired) electrons. The standard InChI is InChI=1S/C15H24N2O2/c1-12-10-13(2)15(18-3)14(11-12)16-4-5-17-6-8-19-9-7-17/h10-11,16H,4-9H2,1-3H3. The Morgan fingerprint density at radius 2 is 2.00 bits per heavy atom. The molecule has 19 heavy (non-hydrogen) atoms. The monoisotopic (exact) mass is 264 g/mol. The fourth-order valence-corrected chi connectivity index (χ4v) is 2.53. The Labute approximate surface area is 115 Å². The number of hydrogen-bond acceptors (Lipinski definition) is 4. The highest BCUT2D eigenvalue weighted by atomic mass is 16.5. The van der Waals surface area contributed by atoms with E-state index in [0.717, 1.165) is 50.8 Å². The molecule has 0 saturated carbocycles. The normalized spacial score (nSPS) is 16.4. The summed E-state index contributed by atoms with van der Waals surface area (Å²) in [6.45, 7) is 9.94. The van der Waals surface area contributed by atoms with Gasteiger partial charge in [0.05, 0.1) is 26.0 Å². The third-order valence-electron chi connectivity index (χ3n) is 3.47. The zero-order valence-electron chi connectivity index (χ0n) is 12.2. The Bertz CT molecular complexity index is 415. The van der Waals surface area contributed by atoms with Crippen LogP contribution in [0, 0.1) is 13.8 Å². The molecule has 0 amide bonds. The van der Waals surface area contributed by atoms with E-state index < -0.39 is 0 Å². The summed E-state index contributed by atoms with van der Waals surface area (Å²) in [5, 5.41) is 3.49. The Hall–Kier alpha value is -1.26. The quantitative estimate of drug-likeness (QED) is 0.882. The minimum atomic E-state index is 0.854. The Morgan fingerprint density at radius 1 is 1.26 bits per heavy atom. The lowest BCUT2D eigenvalue weighted by Gasteiger charge is -2.26. The second kappa shape index (κ2) is 6.78. The maximum absolute atomic E-state index is 5.48. The Kier molecular flexibility index (Phi) is 5.05. The summed E-state index contributed by atoms with van der Waals surface area (Å²) < 4.78 is 10.8. The zero-order valence-corrected chi connectivity index (χ0v) is 12.2. The van der Waals surface area contributed by atoms with Gasteiger partial charge in [-0.05, 0) is 31.0 Å². The minimum absolute atomic E-state index is 0.854. The predicted octanol–water partition coefficient (Wildman–Crippen LogP) is 2.06. The second-order valence-electron chi connectivity index (χ2n) is 5.04. The van der Waals surface area contributed by atoms with E-state index in [4.69, 9.17) is 9.47 Å². The van der Waals surface area contributed by atoms with Crippen molar-refractivity contribution in [2.24, 2.45) is 0 Å². The Balaban J connectivity index is 1.91. The van der Waals surface area contributed by atoms with Crippen molar-refractivity contribution in [2.45, 2.75) is 13.8 Å². The van der Waals surface area contributed by atoms with Crippen LogP contribution in [0.15, 0.2) is 12.1 Å². The van der Waals surface area contributed by atoms with Crippen molar-refractivity contribution in [3.05, 3.63) is 23.3 Å². The number of anilines is 1. The smallest absolute Gasteiger partial charge is 0.144 e. The van der Waals surface area contributed by atoms with E-state index in [-0.39, 0.29) is 0 Å². The number of hydrogen-bond donors (Lipinski definition) is 1. The number of morpholine rings is 1. The van der Waals surface area contributed by atoms with E-state index in [2.05, 4.69) is 36.2 Å². The van der Waals surface area contributed by atoms with Gasteiger partial charge in [0.1, 0.15) is 5.75 Å². The average molecular weight is 264 g/mol. The molecule has 0 unspecified atom stereocenters. The van der Waals surface area contributed by atoms with E-state index in [1.54, 1.807) is 7.11 Å². The number of aryl methyl sites for hydroxylation is 2. The van der Waals surface area contributed by atoms with Crippen LogP contribution in [0.2, 0.25) is 0 Å². The van der Waals surface area contributed by atoms with Crippen LogP contribution >= 0.6 is 0 Å². The van der Waals surface area contributed by atoms with Gasteiger partial charge in [-0.15, -0.1) is 0 Å². The van der Waals surface area contributed by atoms with E-state index in [9.17, 15) is 0 Å². The number of benzene rings is 1. The van der Waals surface area contributed by atoms with Gasteiger partial charge in [0, 0.05) is 26.2 Å². The lowest BCUT2D eigenvalue weighted by atomic mass is 10.1. The molecule has 0 bridgehead atoms. The number of nitrogens with one attached hydrogen (secondary N) is 1. The van der Waals surface area contributed by atoms with Crippen LogP contribution in [0.3, 0.4) is 0 Å². The van der Waals surface area contributed by atoms with Crippen molar-refractivity contribution < 1.29 is 9.47 Å². The molecule has 1 aliphatic heterocycles. The van der Waals surface area contributed by atoms with Crippen LogP contribution in [0.5, 0.6) is 5.75 Å². The molecule has 2 rings (SSSR count). The van der Waals surface area contributed by atoms with E-state index in [1.807, 2.05) is 0 Å². The first-order valence-electron chi connectivity index (χ1n) is 6.90. The number of rotatable bonds is 5. The summed E-state index contributed by atoms with van der Waals surface area (Å²) in [4.78, 5) is 2.42. The first-order chi connectivity index (χ1) is 9.20. The lowest BCUT2D eigenvalue weighted by molar-refractivity contribution is 0.0398. The van der Waals surface area contributed by atoms with Crippen LogP contribution in [0.25, 0.3) is 0 Å². The molecule has 1 N–H and O–H groups in total. The van der Waals surface area contributed by atoms with Gasteiger partial charge in [0.2, 0.25) is 0 Å². The average Bonchev–Trinajstić information content (AvgIpc) is 2.39. The minimum Gasteiger partial charge on any atom is -0.494 e. The van der Waals surface area contributed by atoms with Gasteiger partial charge in [0.25, 0.3) is 0 Å².